The van der Waals surface area contributed by atoms with Crippen LogP contribution in [-0.4, -0.2) is 4.57 Å². The van der Waals surface area contributed by atoms with E-state index in [1.807, 2.05) is 24.3 Å². The van der Waals surface area contributed by atoms with Gasteiger partial charge >= 0.3 is 0 Å². The molecule has 0 radical (unpaired) electrons. The van der Waals surface area contributed by atoms with Crippen LogP contribution in [0.25, 0.3) is 82.5 Å². The first-order chi connectivity index (χ1) is 25.8. The summed E-state index contributed by atoms with van der Waals surface area (Å²) in [6.45, 7) is 0. The minimum absolute atomic E-state index is 0.859. The standard InChI is InChI=1S/C48H30N2O2/c1-2-11-33(12-3-1)50-41-16-7-4-13-36(41)39-29-32(23-27-42(39)50)31-21-24-34(25-22-31)49(35-26-28-46-40(30-35)37-14-5-8-18-44(37)51-46)43-17-10-20-47-48(43)38-15-6-9-19-45(38)52-47/h1-30H. The van der Waals surface area contributed by atoms with Crippen molar-refractivity contribution < 1.29 is 8.83 Å². The zero-order valence-electron chi connectivity index (χ0n) is 28.0. The first-order valence-electron chi connectivity index (χ1n) is 17.6. The topological polar surface area (TPSA) is 34.5 Å². The highest BCUT2D eigenvalue weighted by molar-refractivity contribution is 6.14. The Morgan fingerprint density at radius 1 is 0.365 bits per heavy atom. The van der Waals surface area contributed by atoms with Crippen LogP contribution in [0.3, 0.4) is 0 Å². The second kappa shape index (κ2) is 11.2. The average molecular weight is 667 g/mol. The van der Waals surface area contributed by atoms with Crippen LogP contribution in [0.15, 0.2) is 191 Å². The maximum Gasteiger partial charge on any atom is 0.137 e. The number of rotatable bonds is 5. The maximum atomic E-state index is 6.36. The van der Waals surface area contributed by atoms with Gasteiger partial charge in [-0.2, -0.15) is 0 Å². The lowest BCUT2D eigenvalue weighted by atomic mass is 10.0. The minimum atomic E-state index is 0.859. The van der Waals surface area contributed by atoms with Crippen molar-refractivity contribution in [3.8, 4) is 16.8 Å². The van der Waals surface area contributed by atoms with Gasteiger partial charge in [0.2, 0.25) is 0 Å². The number of nitrogens with zero attached hydrogens (tertiary/aromatic N) is 2. The zero-order valence-corrected chi connectivity index (χ0v) is 28.0. The summed E-state index contributed by atoms with van der Waals surface area (Å²) in [5.41, 5.74) is 12.5. The molecule has 0 bridgehead atoms. The van der Waals surface area contributed by atoms with Crippen molar-refractivity contribution in [3.63, 3.8) is 0 Å². The van der Waals surface area contributed by atoms with E-state index in [0.717, 1.165) is 72.2 Å². The van der Waals surface area contributed by atoms with E-state index < -0.39 is 0 Å². The number of para-hydroxylation sites is 4. The van der Waals surface area contributed by atoms with Crippen LogP contribution in [0.1, 0.15) is 0 Å². The van der Waals surface area contributed by atoms with Gasteiger partial charge in [-0.1, -0.05) is 97.1 Å². The van der Waals surface area contributed by atoms with E-state index in [9.17, 15) is 0 Å². The maximum absolute atomic E-state index is 6.36. The van der Waals surface area contributed by atoms with Crippen LogP contribution >= 0.6 is 0 Å². The summed E-state index contributed by atoms with van der Waals surface area (Å²) < 4.78 is 14.9. The SMILES string of the molecule is c1ccc(-n2c3ccccc3c3cc(-c4ccc(N(c5ccc6oc7ccccc7c6c5)c5cccc6oc7ccccc7c56)cc4)ccc32)cc1. The molecule has 52 heavy (non-hydrogen) atoms. The molecule has 0 aliphatic rings. The molecule has 8 aromatic carbocycles. The molecule has 0 N–H and O–H groups in total. The first kappa shape index (κ1) is 28.8. The summed E-state index contributed by atoms with van der Waals surface area (Å²) in [4.78, 5) is 2.34. The largest absolute Gasteiger partial charge is 0.456 e. The molecule has 0 fully saturated rings. The molecule has 0 spiro atoms. The van der Waals surface area contributed by atoms with Gasteiger partial charge in [0.1, 0.15) is 22.3 Å². The Morgan fingerprint density at radius 3 is 1.83 bits per heavy atom. The van der Waals surface area contributed by atoms with Crippen molar-refractivity contribution >= 4 is 82.7 Å². The Bertz CT molecular complexity index is 3130. The molecule has 0 atom stereocenters. The third-order valence-electron chi connectivity index (χ3n) is 10.4. The van der Waals surface area contributed by atoms with Crippen molar-refractivity contribution in [1.82, 2.24) is 4.57 Å². The van der Waals surface area contributed by atoms with E-state index >= 15 is 0 Å². The molecule has 0 saturated carbocycles. The van der Waals surface area contributed by atoms with Crippen LogP contribution in [-0.2, 0) is 0 Å². The molecular weight excluding hydrogens is 637 g/mol. The lowest BCUT2D eigenvalue weighted by molar-refractivity contribution is 0.668. The predicted octanol–water partition coefficient (Wildman–Crippen LogP) is 13.7. The smallest absolute Gasteiger partial charge is 0.137 e. The van der Waals surface area contributed by atoms with E-state index in [0.29, 0.717) is 0 Å². The molecule has 3 aromatic heterocycles. The summed E-state index contributed by atoms with van der Waals surface area (Å²) in [6, 6.07) is 64.3. The number of fused-ring (bicyclic) bond motifs is 9. The number of hydrogen-bond donors (Lipinski definition) is 0. The van der Waals surface area contributed by atoms with Crippen molar-refractivity contribution in [1.29, 1.82) is 0 Å². The fourth-order valence-corrected chi connectivity index (χ4v) is 8.03. The predicted molar refractivity (Wildman–Crippen MR) is 215 cm³/mol. The molecule has 11 aromatic rings. The Labute approximate surface area is 299 Å². The third-order valence-corrected chi connectivity index (χ3v) is 10.4. The van der Waals surface area contributed by atoms with E-state index in [1.165, 1.54) is 27.4 Å². The lowest BCUT2D eigenvalue weighted by Gasteiger charge is -2.26. The summed E-state index contributed by atoms with van der Waals surface area (Å²) in [5.74, 6) is 0. The zero-order chi connectivity index (χ0) is 34.2. The van der Waals surface area contributed by atoms with Gasteiger partial charge in [0, 0.05) is 44.0 Å². The third kappa shape index (κ3) is 4.34. The summed E-state index contributed by atoms with van der Waals surface area (Å²) in [5, 5.41) is 6.84. The van der Waals surface area contributed by atoms with Crippen molar-refractivity contribution in [2.45, 2.75) is 0 Å². The van der Waals surface area contributed by atoms with Crippen molar-refractivity contribution in [2.24, 2.45) is 0 Å². The van der Waals surface area contributed by atoms with Gasteiger partial charge in [-0.05, 0) is 96.1 Å². The summed E-state index contributed by atoms with van der Waals surface area (Å²) >= 11 is 0. The molecule has 3 heterocycles. The minimum Gasteiger partial charge on any atom is -0.456 e. The summed E-state index contributed by atoms with van der Waals surface area (Å²) in [7, 11) is 0. The molecule has 4 heteroatoms. The van der Waals surface area contributed by atoms with Gasteiger partial charge in [-0.3, -0.25) is 0 Å². The van der Waals surface area contributed by atoms with Crippen LogP contribution in [0.5, 0.6) is 0 Å². The van der Waals surface area contributed by atoms with E-state index in [4.69, 9.17) is 8.83 Å². The quantitative estimate of drug-likeness (QED) is 0.183. The first-order valence-corrected chi connectivity index (χ1v) is 17.6. The van der Waals surface area contributed by atoms with Gasteiger partial charge in [0.25, 0.3) is 0 Å². The fraction of sp³-hybridized carbons (Fsp3) is 0. The van der Waals surface area contributed by atoms with Gasteiger partial charge in [0.05, 0.1) is 22.1 Å². The van der Waals surface area contributed by atoms with Crippen molar-refractivity contribution in [3.05, 3.63) is 182 Å². The Morgan fingerprint density at radius 2 is 0.981 bits per heavy atom. The van der Waals surface area contributed by atoms with Gasteiger partial charge in [-0.15, -0.1) is 0 Å². The number of anilines is 3. The molecule has 0 aliphatic carbocycles. The molecule has 0 saturated heterocycles. The molecule has 4 nitrogen and oxygen atoms in total. The number of hydrogen-bond acceptors (Lipinski definition) is 3. The van der Waals surface area contributed by atoms with Gasteiger partial charge in [-0.25, -0.2) is 0 Å². The van der Waals surface area contributed by atoms with Crippen LogP contribution in [0.4, 0.5) is 17.1 Å². The molecule has 0 aliphatic heterocycles. The normalized spacial score (nSPS) is 11.8. The van der Waals surface area contributed by atoms with Gasteiger partial charge in [0.15, 0.2) is 0 Å². The number of furan rings is 2. The van der Waals surface area contributed by atoms with E-state index in [-0.39, 0.29) is 0 Å². The fourth-order valence-electron chi connectivity index (χ4n) is 8.03. The summed E-state index contributed by atoms with van der Waals surface area (Å²) in [6.07, 6.45) is 0. The lowest BCUT2D eigenvalue weighted by Crippen LogP contribution is -2.10. The van der Waals surface area contributed by atoms with Crippen LogP contribution in [0, 0.1) is 0 Å². The highest BCUT2D eigenvalue weighted by Crippen LogP contribution is 2.45. The second-order valence-electron chi connectivity index (χ2n) is 13.3. The van der Waals surface area contributed by atoms with E-state index in [1.54, 1.807) is 0 Å². The second-order valence-corrected chi connectivity index (χ2v) is 13.3. The molecular formula is C48H30N2O2. The Balaban J connectivity index is 1.08. The van der Waals surface area contributed by atoms with E-state index in [2.05, 4.69) is 167 Å². The molecule has 0 unspecified atom stereocenters. The molecule has 244 valence electrons. The number of benzene rings is 8. The number of aromatic nitrogens is 1. The highest BCUT2D eigenvalue weighted by Gasteiger charge is 2.21. The Kier molecular flexibility index (Phi) is 6.22. The van der Waals surface area contributed by atoms with Crippen molar-refractivity contribution in [2.75, 3.05) is 4.90 Å². The highest BCUT2D eigenvalue weighted by atomic mass is 16.3. The molecule has 0 amide bonds. The average Bonchev–Trinajstić information content (AvgIpc) is 3.88. The van der Waals surface area contributed by atoms with Gasteiger partial charge < -0.3 is 18.3 Å². The Hall–Kier alpha value is -7.04. The van der Waals surface area contributed by atoms with Crippen LogP contribution < -0.4 is 4.90 Å². The molecule has 11 rings (SSSR count). The monoisotopic (exact) mass is 666 g/mol. The van der Waals surface area contributed by atoms with Crippen LogP contribution in [0.2, 0.25) is 0 Å².